The Morgan fingerprint density at radius 2 is 1.80 bits per heavy atom. The smallest absolute Gasteiger partial charge is 0.243 e. The van der Waals surface area contributed by atoms with Crippen LogP contribution in [-0.4, -0.2) is 47.2 Å². The van der Waals surface area contributed by atoms with E-state index in [0.717, 1.165) is 16.5 Å². The topological polar surface area (TPSA) is 146 Å². The SMILES string of the molecule is CCC(C)C(NC(=O)C(Cc1c[nH]c2ccccc12)NC(C)=O)C(=O)NCC(N)=O. The summed E-state index contributed by atoms with van der Waals surface area (Å²) in [6.45, 7) is 4.73. The number of rotatable bonds is 10. The lowest BCUT2D eigenvalue weighted by Crippen LogP contribution is -2.56. The van der Waals surface area contributed by atoms with Gasteiger partial charge in [0, 0.05) is 30.4 Å². The van der Waals surface area contributed by atoms with E-state index in [1.54, 1.807) is 6.20 Å². The predicted octanol–water partition coefficient (Wildman–Crippen LogP) is 0.348. The van der Waals surface area contributed by atoms with Gasteiger partial charge in [-0.25, -0.2) is 0 Å². The summed E-state index contributed by atoms with van der Waals surface area (Å²) >= 11 is 0. The Labute approximate surface area is 175 Å². The third kappa shape index (κ3) is 6.07. The zero-order valence-electron chi connectivity index (χ0n) is 17.5. The number of carbonyl (C=O) groups excluding carboxylic acids is 4. The number of H-pyrrole nitrogens is 1. The second-order valence-corrected chi connectivity index (χ2v) is 7.37. The number of hydrogen-bond acceptors (Lipinski definition) is 4. The van der Waals surface area contributed by atoms with Crippen molar-refractivity contribution in [2.45, 2.75) is 45.7 Å². The molecule has 3 atom stereocenters. The fraction of sp³-hybridized carbons (Fsp3) is 0.429. The van der Waals surface area contributed by atoms with Crippen LogP contribution in [0.5, 0.6) is 0 Å². The number of nitrogens with two attached hydrogens (primary N) is 1. The number of primary amides is 1. The molecule has 1 heterocycles. The Bertz CT molecular complexity index is 923. The number of carbonyl (C=O) groups is 4. The number of fused-ring (bicyclic) bond motifs is 1. The van der Waals surface area contributed by atoms with Crippen LogP contribution in [0.2, 0.25) is 0 Å². The molecule has 0 bridgehead atoms. The highest BCUT2D eigenvalue weighted by Crippen LogP contribution is 2.19. The van der Waals surface area contributed by atoms with Gasteiger partial charge in [0.25, 0.3) is 0 Å². The van der Waals surface area contributed by atoms with Gasteiger partial charge in [-0.2, -0.15) is 0 Å². The summed E-state index contributed by atoms with van der Waals surface area (Å²) in [6, 6.07) is 5.94. The lowest BCUT2D eigenvalue weighted by atomic mass is 9.97. The van der Waals surface area contributed by atoms with E-state index in [1.807, 2.05) is 38.1 Å². The van der Waals surface area contributed by atoms with Gasteiger partial charge in [-0.3, -0.25) is 19.2 Å². The first-order valence-corrected chi connectivity index (χ1v) is 9.91. The Morgan fingerprint density at radius 3 is 2.43 bits per heavy atom. The van der Waals surface area contributed by atoms with Crippen molar-refractivity contribution in [3.63, 3.8) is 0 Å². The molecular weight excluding hydrogens is 386 g/mol. The number of para-hydroxylation sites is 1. The Kier molecular flexibility index (Phi) is 7.97. The van der Waals surface area contributed by atoms with Crippen LogP contribution in [0.25, 0.3) is 10.9 Å². The molecule has 3 unspecified atom stereocenters. The summed E-state index contributed by atoms with van der Waals surface area (Å²) in [5.74, 6) is -2.19. The van der Waals surface area contributed by atoms with E-state index in [4.69, 9.17) is 5.73 Å². The van der Waals surface area contributed by atoms with Gasteiger partial charge in [0.05, 0.1) is 6.54 Å². The molecule has 1 aromatic carbocycles. The van der Waals surface area contributed by atoms with Crippen LogP contribution in [0.3, 0.4) is 0 Å². The molecule has 2 rings (SSSR count). The molecule has 9 heteroatoms. The molecule has 4 amide bonds. The van der Waals surface area contributed by atoms with Crippen molar-refractivity contribution in [3.8, 4) is 0 Å². The van der Waals surface area contributed by atoms with Crippen LogP contribution in [0.15, 0.2) is 30.5 Å². The lowest BCUT2D eigenvalue weighted by Gasteiger charge is -2.26. The maximum atomic E-state index is 13.0. The number of aromatic nitrogens is 1. The molecule has 162 valence electrons. The van der Waals surface area contributed by atoms with E-state index in [1.165, 1.54) is 6.92 Å². The van der Waals surface area contributed by atoms with Crippen molar-refractivity contribution < 1.29 is 19.2 Å². The number of nitrogens with one attached hydrogen (secondary N) is 4. The number of benzene rings is 1. The fourth-order valence-corrected chi connectivity index (χ4v) is 3.22. The molecule has 0 aliphatic heterocycles. The average Bonchev–Trinajstić information content (AvgIpc) is 3.11. The van der Waals surface area contributed by atoms with E-state index in [9.17, 15) is 19.2 Å². The summed E-state index contributed by atoms with van der Waals surface area (Å²) in [6.07, 6.45) is 2.69. The van der Waals surface area contributed by atoms with Crippen LogP contribution in [0, 0.1) is 5.92 Å². The zero-order chi connectivity index (χ0) is 22.3. The van der Waals surface area contributed by atoms with E-state index in [0.29, 0.717) is 6.42 Å². The van der Waals surface area contributed by atoms with Gasteiger partial charge in [-0.1, -0.05) is 38.5 Å². The molecule has 30 heavy (non-hydrogen) atoms. The van der Waals surface area contributed by atoms with E-state index in [2.05, 4.69) is 20.9 Å². The fourth-order valence-electron chi connectivity index (χ4n) is 3.22. The molecule has 0 saturated carbocycles. The van der Waals surface area contributed by atoms with Gasteiger partial charge in [0.15, 0.2) is 0 Å². The van der Waals surface area contributed by atoms with Crippen molar-refractivity contribution in [2.24, 2.45) is 11.7 Å². The molecule has 0 saturated heterocycles. The summed E-state index contributed by atoms with van der Waals surface area (Å²) in [7, 11) is 0. The first kappa shape index (κ1) is 22.9. The maximum Gasteiger partial charge on any atom is 0.243 e. The van der Waals surface area contributed by atoms with Gasteiger partial charge in [-0.15, -0.1) is 0 Å². The van der Waals surface area contributed by atoms with Gasteiger partial charge in [-0.05, 0) is 17.5 Å². The minimum atomic E-state index is -0.864. The van der Waals surface area contributed by atoms with Crippen LogP contribution in [0.4, 0.5) is 0 Å². The van der Waals surface area contributed by atoms with E-state index >= 15 is 0 Å². The minimum absolute atomic E-state index is 0.187. The quantitative estimate of drug-likeness (QED) is 0.381. The highest BCUT2D eigenvalue weighted by molar-refractivity contribution is 5.94. The summed E-state index contributed by atoms with van der Waals surface area (Å²) in [5, 5.41) is 8.78. The molecule has 0 spiro atoms. The molecular formula is C21H29N5O4. The number of hydrogen-bond donors (Lipinski definition) is 5. The Balaban J connectivity index is 2.20. The zero-order valence-corrected chi connectivity index (χ0v) is 17.5. The normalized spacial score (nSPS) is 13.8. The van der Waals surface area contributed by atoms with Crippen molar-refractivity contribution in [2.75, 3.05) is 6.54 Å². The molecule has 0 aliphatic rings. The molecule has 6 N–H and O–H groups in total. The lowest BCUT2D eigenvalue weighted by molar-refractivity contribution is -0.133. The van der Waals surface area contributed by atoms with Crippen LogP contribution >= 0.6 is 0 Å². The van der Waals surface area contributed by atoms with E-state index in [-0.39, 0.29) is 24.8 Å². The summed E-state index contributed by atoms with van der Waals surface area (Å²) < 4.78 is 0. The van der Waals surface area contributed by atoms with Crippen molar-refractivity contribution >= 4 is 34.5 Å². The molecule has 0 radical (unpaired) electrons. The third-order valence-corrected chi connectivity index (χ3v) is 5.02. The average molecular weight is 415 g/mol. The highest BCUT2D eigenvalue weighted by atomic mass is 16.2. The Morgan fingerprint density at radius 1 is 1.10 bits per heavy atom. The molecule has 1 aromatic heterocycles. The first-order chi connectivity index (χ1) is 14.2. The largest absolute Gasteiger partial charge is 0.368 e. The van der Waals surface area contributed by atoms with Crippen LogP contribution in [0.1, 0.15) is 32.8 Å². The standard InChI is InChI=1S/C21H29N5O4/c1-4-12(2)19(21(30)24-11-18(22)28)26-20(29)17(25-13(3)27)9-14-10-23-16-8-6-5-7-15(14)16/h5-8,10,12,17,19,23H,4,9,11H2,1-3H3,(H2,22,28)(H,24,30)(H,25,27)(H,26,29). The maximum absolute atomic E-state index is 13.0. The monoisotopic (exact) mass is 415 g/mol. The van der Waals surface area contributed by atoms with Crippen molar-refractivity contribution in [3.05, 3.63) is 36.0 Å². The van der Waals surface area contributed by atoms with Crippen molar-refractivity contribution in [1.82, 2.24) is 20.9 Å². The summed E-state index contributed by atoms with van der Waals surface area (Å²) in [5.41, 5.74) is 6.88. The first-order valence-electron chi connectivity index (χ1n) is 9.91. The molecule has 0 aliphatic carbocycles. The summed E-state index contributed by atoms with van der Waals surface area (Å²) in [4.78, 5) is 51.3. The second kappa shape index (κ2) is 10.4. The second-order valence-electron chi connectivity index (χ2n) is 7.37. The van der Waals surface area contributed by atoms with Gasteiger partial charge in [0.2, 0.25) is 23.6 Å². The van der Waals surface area contributed by atoms with Crippen LogP contribution in [-0.2, 0) is 25.6 Å². The molecule has 0 fully saturated rings. The Hall–Kier alpha value is -3.36. The number of amides is 4. The molecule has 9 nitrogen and oxygen atoms in total. The van der Waals surface area contributed by atoms with Crippen LogP contribution < -0.4 is 21.7 Å². The molecule has 2 aromatic rings. The van der Waals surface area contributed by atoms with Gasteiger partial charge < -0.3 is 26.7 Å². The minimum Gasteiger partial charge on any atom is -0.368 e. The third-order valence-electron chi connectivity index (χ3n) is 5.02. The van der Waals surface area contributed by atoms with Crippen molar-refractivity contribution in [1.29, 1.82) is 0 Å². The predicted molar refractivity (Wildman–Crippen MR) is 113 cm³/mol. The van der Waals surface area contributed by atoms with Gasteiger partial charge in [0.1, 0.15) is 12.1 Å². The van der Waals surface area contributed by atoms with Gasteiger partial charge >= 0.3 is 0 Å². The highest BCUT2D eigenvalue weighted by Gasteiger charge is 2.30. The van der Waals surface area contributed by atoms with E-state index < -0.39 is 29.8 Å². The number of aromatic amines is 1.